The van der Waals surface area contributed by atoms with Crippen LogP contribution in [0.5, 0.6) is 0 Å². The van der Waals surface area contributed by atoms with Crippen molar-refractivity contribution >= 4 is 0 Å². The molecule has 1 rings (SSSR count). The smallest absolute Gasteiger partial charge is 0.388 e. The fraction of sp³-hybridized carbons (Fsp3) is 0.455. The lowest BCUT2D eigenvalue weighted by Gasteiger charge is -2.12. The van der Waals surface area contributed by atoms with Crippen molar-refractivity contribution in [3.63, 3.8) is 0 Å². The van der Waals surface area contributed by atoms with E-state index < -0.39 is 17.8 Å². The molecule has 0 saturated heterocycles. The monoisotopic (exact) mass is 218 g/mol. The average Bonchev–Trinajstić information content (AvgIpc) is 2.17. The second-order valence-corrected chi connectivity index (χ2v) is 3.43. The molecule has 0 spiro atoms. The number of benzene rings is 1. The SMILES string of the molecule is CCC[C@@H](O)c1cccc(C(F)(F)F)c1. The van der Waals surface area contributed by atoms with E-state index in [9.17, 15) is 18.3 Å². The van der Waals surface area contributed by atoms with Gasteiger partial charge >= 0.3 is 6.18 Å². The molecule has 1 nitrogen and oxygen atoms in total. The zero-order valence-electron chi connectivity index (χ0n) is 8.38. The molecule has 84 valence electrons. The molecule has 15 heavy (non-hydrogen) atoms. The van der Waals surface area contributed by atoms with E-state index in [2.05, 4.69) is 0 Å². The molecule has 1 aromatic rings. The van der Waals surface area contributed by atoms with Gasteiger partial charge in [0.15, 0.2) is 0 Å². The molecule has 0 heterocycles. The maximum absolute atomic E-state index is 12.3. The third-order valence-electron chi connectivity index (χ3n) is 2.16. The lowest BCUT2D eigenvalue weighted by molar-refractivity contribution is -0.137. The van der Waals surface area contributed by atoms with Crippen molar-refractivity contribution in [2.75, 3.05) is 0 Å². The Bertz CT molecular complexity index is 320. The van der Waals surface area contributed by atoms with Gasteiger partial charge in [-0.1, -0.05) is 25.5 Å². The van der Waals surface area contributed by atoms with Crippen molar-refractivity contribution in [2.45, 2.75) is 32.0 Å². The maximum Gasteiger partial charge on any atom is 0.416 e. The molecule has 0 aliphatic rings. The summed E-state index contributed by atoms with van der Waals surface area (Å²) in [5.74, 6) is 0. The second-order valence-electron chi connectivity index (χ2n) is 3.43. The van der Waals surface area contributed by atoms with E-state index >= 15 is 0 Å². The van der Waals surface area contributed by atoms with Gasteiger partial charge in [-0.25, -0.2) is 0 Å². The van der Waals surface area contributed by atoms with Crippen LogP contribution >= 0.6 is 0 Å². The van der Waals surface area contributed by atoms with Crippen molar-refractivity contribution in [3.05, 3.63) is 35.4 Å². The van der Waals surface area contributed by atoms with Crippen molar-refractivity contribution in [1.82, 2.24) is 0 Å². The second kappa shape index (κ2) is 4.66. The predicted molar refractivity (Wildman–Crippen MR) is 51.3 cm³/mol. The minimum Gasteiger partial charge on any atom is -0.388 e. The van der Waals surface area contributed by atoms with Crippen LogP contribution in [0.4, 0.5) is 13.2 Å². The molecule has 1 N–H and O–H groups in total. The van der Waals surface area contributed by atoms with Gasteiger partial charge in [-0.15, -0.1) is 0 Å². The van der Waals surface area contributed by atoms with Crippen LogP contribution in [-0.4, -0.2) is 5.11 Å². The van der Waals surface area contributed by atoms with E-state index in [1.165, 1.54) is 12.1 Å². The largest absolute Gasteiger partial charge is 0.416 e. The first-order chi connectivity index (χ1) is 6.95. The van der Waals surface area contributed by atoms with Crippen molar-refractivity contribution in [3.8, 4) is 0 Å². The van der Waals surface area contributed by atoms with E-state index in [1.54, 1.807) is 0 Å². The summed E-state index contributed by atoms with van der Waals surface area (Å²) in [6, 6.07) is 4.83. The normalized spacial score (nSPS) is 13.9. The first-order valence-corrected chi connectivity index (χ1v) is 4.80. The molecule has 1 atom stereocenters. The van der Waals surface area contributed by atoms with E-state index in [0.29, 0.717) is 12.0 Å². The number of aliphatic hydroxyl groups is 1. The highest BCUT2D eigenvalue weighted by atomic mass is 19.4. The Balaban J connectivity index is 2.92. The molecule has 0 bridgehead atoms. The number of halogens is 3. The van der Waals surface area contributed by atoms with Gasteiger partial charge < -0.3 is 5.11 Å². The summed E-state index contributed by atoms with van der Waals surface area (Å²) < 4.78 is 37.0. The van der Waals surface area contributed by atoms with Crippen LogP contribution in [0.2, 0.25) is 0 Å². The van der Waals surface area contributed by atoms with Gasteiger partial charge in [-0.2, -0.15) is 13.2 Å². The first kappa shape index (κ1) is 12.0. The molecular formula is C11H13F3O. The van der Waals surface area contributed by atoms with E-state index in [1.807, 2.05) is 6.92 Å². The maximum atomic E-state index is 12.3. The Labute approximate surface area is 86.5 Å². The van der Waals surface area contributed by atoms with Crippen LogP contribution in [0.25, 0.3) is 0 Å². The Morgan fingerprint density at radius 2 is 2.00 bits per heavy atom. The molecule has 0 amide bonds. The van der Waals surface area contributed by atoms with Gasteiger partial charge in [0.2, 0.25) is 0 Å². The quantitative estimate of drug-likeness (QED) is 0.822. The molecule has 0 radical (unpaired) electrons. The summed E-state index contributed by atoms with van der Waals surface area (Å²) >= 11 is 0. The lowest BCUT2D eigenvalue weighted by Crippen LogP contribution is -2.06. The third kappa shape index (κ3) is 3.23. The third-order valence-corrected chi connectivity index (χ3v) is 2.16. The van der Waals surface area contributed by atoms with Crippen molar-refractivity contribution < 1.29 is 18.3 Å². The summed E-state index contributed by atoms with van der Waals surface area (Å²) in [4.78, 5) is 0. The summed E-state index contributed by atoms with van der Waals surface area (Å²) in [5.41, 5.74) is -0.387. The van der Waals surface area contributed by atoms with Gasteiger partial charge in [0, 0.05) is 0 Å². The molecule has 0 aliphatic heterocycles. The van der Waals surface area contributed by atoms with Gasteiger partial charge in [0.05, 0.1) is 11.7 Å². The fourth-order valence-electron chi connectivity index (χ4n) is 1.36. The van der Waals surface area contributed by atoms with E-state index in [0.717, 1.165) is 18.6 Å². The highest BCUT2D eigenvalue weighted by Crippen LogP contribution is 2.31. The van der Waals surface area contributed by atoms with E-state index in [4.69, 9.17) is 0 Å². The lowest BCUT2D eigenvalue weighted by atomic mass is 10.0. The minimum absolute atomic E-state index is 0.326. The zero-order chi connectivity index (χ0) is 11.5. The molecule has 0 aromatic heterocycles. The van der Waals surface area contributed by atoms with Crippen LogP contribution in [0.1, 0.15) is 37.0 Å². The topological polar surface area (TPSA) is 20.2 Å². The Kier molecular flexibility index (Phi) is 3.74. The van der Waals surface area contributed by atoms with Crippen LogP contribution in [0.15, 0.2) is 24.3 Å². The van der Waals surface area contributed by atoms with Crippen LogP contribution in [0, 0.1) is 0 Å². The summed E-state index contributed by atoms with van der Waals surface area (Å²) in [6.07, 6.45) is -3.95. The van der Waals surface area contributed by atoms with Gasteiger partial charge in [-0.05, 0) is 24.1 Å². The number of aliphatic hydroxyl groups excluding tert-OH is 1. The summed E-state index contributed by atoms with van der Waals surface area (Å²) in [7, 11) is 0. The van der Waals surface area contributed by atoms with Gasteiger partial charge in [0.25, 0.3) is 0 Å². The zero-order valence-corrected chi connectivity index (χ0v) is 8.38. The summed E-state index contributed by atoms with van der Waals surface area (Å²) in [6.45, 7) is 1.87. The fourth-order valence-corrected chi connectivity index (χ4v) is 1.36. The Hall–Kier alpha value is -1.03. The van der Waals surface area contributed by atoms with Crippen LogP contribution in [0.3, 0.4) is 0 Å². The molecule has 0 unspecified atom stereocenters. The minimum atomic E-state index is -4.35. The Morgan fingerprint density at radius 3 is 2.53 bits per heavy atom. The summed E-state index contributed by atoms with van der Waals surface area (Å²) in [5, 5.41) is 9.54. The van der Waals surface area contributed by atoms with Crippen molar-refractivity contribution in [2.24, 2.45) is 0 Å². The first-order valence-electron chi connectivity index (χ1n) is 4.80. The highest BCUT2D eigenvalue weighted by Gasteiger charge is 2.30. The van der Waals surface area contributed by atoms with Crippen molar-refractivity contribution in [1.29, 1.82) is 0 Å². The number of rotatable bonds is 3. The molecule has 0 fully saturated rings. The van der Waals surface area contributed by atoms with Gasteiger partial charge in [-0.3, -0.25) is 0 Å². The van der Waals surface area contributed by atoms with Crippen LogP contribution in [-0.2, 0) is 6.18 Å². The number of alkyl halides is 3. The molecule has 1 aromatic carbocycles. The molecule has 0 saturated carbocycles. The van der Waals surface area contributed by atoms with Gasteiger partial charge in [0.1, 0.15) is 0 Å². The van der Waals surface area contributed by atoms with Crippen LogP contribution < -0.4 is 0 Å². The van der Waals surface area contributed by atoms with E-state index in [-0.39, 0.29) is 0 Å². The predicted octanol–water partition coefficient (Wildman–Crippen LogP) is 3.54. The molecular weight excluding hydrogens is 205 g/mol. The average molecular weight is 218 g/mol. The standard InChI is InChI=1S/C11H13F3O/c1-2-4-10(15)8-5-3-6-9(7-8)11(12,13)14/h3,5-7,10,15H,2,4H2,1H3/t10-/m1/s1. The number of hydrogen-bond donors (Lipinski definition) is 1. The highest BCUT2D eigenvalue weighted by molar-refractivity contribution is 5.27. The number of hydrogen-bond acceptors (Lipinski definition) is 1. The Morgan fingerprint density at radius 1 is 1.33 bits per heavy atom. The molecule has 0 aliphatic carbocycles. The molecule has 4 heteroatoms.